The second kappa shape index (κ2) is 14.0. The van der Waals surface area contributed by atoms with E-state index in [1.165, 1.54) is 24.3 Å². The summed E-state index contributed by atoms with van der Waals surface area (Å²) in [6.07, 6.45) is -7.51. The van der Waals surface area contributed by atoms with Crippen LogP contribution in [0.4, 0.5) is 0 Å². The molecular formula is C31H28O11. The van der Waals surface area contributed by atoms with Gasteiger partial charge in [0.2, 0.25) is 12.4 Å². The molecule has 0 amide bonds. The van der Waals surface area contributed by atoms with Gasteiger partial charge in [-0.25, -0.2) is 14.4 Å². The van der Waals surface area contributed by atoms with Gasteiger partial charge >= 0.3 is 29.8 Å². The summed E-state index contributed by atoms with van der Waals surface area (Å²) in [5.74, 6) is -4.00. The molecule has 1 saturated heterocycles. The van der Waals surface area contributed by atoms with Crippen molar-refractivity contribution in [1.82, 2.24) is 0 Å². The fourth-order valence-electron chi connectivity index (χ4n) is 4.21. The van der Waals surface area contributed by atoms with E-state index < -0.39 is 67.2 Å². The van der Waals surface area contributed by atoms with Crippen LogP contribution in [-0.2, 0) is 38.0 Å². The van der Waals surface area contributed by atoms with E-state index >= 15 is 0 Å². The molecule has 0 radical (unpaired) electrons. The van der Waals surface area contributed by atoms with Crippen molar-refractivity contribution in [3.8, 4) is 0 Å². The molecule has 11 heteroatoms. The highest BCUT2D eigenvalue weighted by molar-refractivity contribution is 5.91. The van der Waals surface area contributed by atoms with Crippen LogP contribution in [0.3, 0.4) is 0 Å². The number of rotatable bonds is 9. The van der Waals surface area contributed by atoms with Gasteiger partial charge in [0.15, 0.2) is 12.2 Å². The van der Waals surface area contributed by atoms with Crippen LogP contribution < -0.4 is 0 Å². The number of benzene rings is 3. The highest BCUT2D eigenvalue weighted by Crippen LogP contribution is 2.31. The molecule has 0 saturated carbocycles. The summed E-state index contributed by atoms with van der Waals surface area (Å²) in [6, 6.07) is 24.0. The maximum absolute atomic E-state index is 13.2. The molecule has 3 aromatic carbocycles. The van der Waals surface area contributed by atoms with Gasteiger partial charge in [0.05, 0.1) is 16.7 Å². The van der Waals surface area contributed by atoms with Crippen molar-refractivity contribution in [2.45, 2.75) is 44.6 Å². The number of esters is 5. The van der Waals surface area contributed by atoms with Crippen molar-refractivity contribution in [2.24, 2.45) is 0 Å². The van der Waals surface area contributed by atoms with Crippen LogP contribution in [-0.4, -0.2) is 67.2 Å². The maximum Gasteiger partial charge on any atom is 0.338 e. The molecule has 11 nitrogen and oxygen atoms in total. The van der Waals surface area contributed by atoms with E-state index in [1.54, 1.807) is 66.7 Å². The van der Waals surface area contributed by atoms with Gasteiger partial charge in [0.1, 0.15) is 12.7 Å². The predicted molar refractivity (Wildman–Crippen MR) is 144 cm³/mol. The van der Waals surface area contributed by atoms with Crippen LogP contribution in [0.25, 0.3) is 0 Å². The lowest BCUT2D eigenvalue weighted by molar-refractivity contribution is -0.293. The number of hydrogen-bond acceptors (Lipinski definition) is 11. The summed E-state index contributed by atoms with van der Waals surface area (Å²) in [6.45, 7) is 1.69. The van der Waals surface area contributed by atoms with E-state index in [-0.39, 0.29) is 16.7 Å². The van der Waals surface area contributed by atoms with Crippen molar-refractivity contribution in [1.29, 1.82) is 0 Å². The van der Waals surface area contributed by atoms with Gasteiger partial charge in [-0.3, -0.25) is 9.59 Å². The zero-order valence-corrected chi connectivity index (χ0v) is 22.7. The quantitative estimate of drug-likeness (QED) is 0.273. The van der Waals surface area contributed by atoms with Crippen molar-refractivity contribution >= 4 is 29.8 Å². The Morgan fingerprint density at radius 1 is 0.548 bits per heavy atom. The minimum Gasteiger partial charge on any atom is -0.459 e. The molecule has 1 aliphatic heterocycles. The molecule has 1 fully saturated rings. The van der Waals surface area contributed by atoms with Gasteiger partial charge in [-0.1, -0.05) is 54.6 Å². The van der Waals surface area contributed by atoms with Crippen molar-refractivity contribution in [3.05, 3.63) is 108 Å². The molecule has 42 heavy (non-hydrogen) atoms. The largest absolute Gasteiger partial charge is 0.459 e. The Hall–Kier alpha value is -5.03. The van der Waals surface area contributed by atoms with E-state index in [4.69, 9.17) is 28.4 Å². The predicted octanol–water partition coefficient (Wildman–Crippen LogP) is 3.51. The molecule has 0 N–H and O–H groups in total. The van der Waals surface area contributed by atoms with Crippen LogP contribution in [0.2, 0.25) is 0 Å². The minimum atomic E-state index is -1.60. The van der Waals surface area contributed by atoms with Gasteiger partial charge in [-0.2, -0.15) is 0 Å². The Kier molecular flexibility index (Phi) is 10.0. The zero-order chi connectivity index (χ0) is 30.1. The summed E-state index contributed by atoms with van der Waals surface area (Å²) in [7, 11) is 0. The molecule has 1 unspecified atom stereocenters. The normalized spacial score (nSPS) is 21.3. The molecule has 0 spiro atoms. The number of ether oxygens (including phenoxy) is 6. The molecule has 4 rings (SSSR count). The third-order valence-corrected chi connectivity index (χ3v) is 6.07. The molecule has 5 atom stereocenters. The maximum atomic E-state index is 13.2. The van der Waals surface area contributed by atoms with E-state index in [9.17, 15) is 24.0 Å². The highest BCUT2D eigenvalue weighted by atomic mass is 16.7. The van der Waals surface area contributed by atoms with Crippen LogP contribution in [0, 0.1) is 0 Å². The first-order valence-corrected chi connectivity index (χ1v) is 13.0. The highest BCUT2D eigenvalue weighted by Gasteiger charge is 2.54. The lowest BCUT2D eigenvalue weighted by Gasteiger charge is -2.43. The molecule has 1 aliphatic rings. The SMILES string of the molecule is CC(=O)OC1O[C@H](COC(=O)c2ccccc2)[C@H](OC(=O)c2ccccc2)[C@H](OC(=O)c2ccccc2)[C@H]1OC(C)=O. The standard InChI is InChI=1S/C31H28O11/c1-19(32)38-27-26(42-30(36)23-16-10-5-11-17-23)25(41-29(35)22-14-8-4-9-15-22)24(40-31(27)39-20(2)33)18-37-28(34)21-12-6-3-7-13-21/h3-17,24-27,31H,18H2,1-2H3/t24-,25+,26+,27-,31?/m1/s1. The van der Waals surface area contributed by atoms with Crippen LogP contribution in [0.15, 0.2) is 91.0 Å². The second-order valence-corrected chi connectivity index (χ2v) is 9.16. The Labute approximate surface area is 241 Å². The summed E-state index contributed by atoms with van der Waals surface area (Å²) < 4.78 is 33.6. The van der Waals surface area contributed by atoms with E-state index in [0.717, 1.165) is 13.8 Å². The number of carbonyl (C=O) groups is 5. The average Bonchev–Trinajstić information content (AvgIpc) is 2.99. The van der Waals surface area contributed by atoms with E-state index in [0.29, 0.717) is 0 Å². The fourth-order valence-corrected chi connectivity index (χ4v) is 4.21. The van der Waals surface area contributed by atoms with Gasteiger partial charge in [0, 0.05) is 13.8 Å². The van der Waals surface area contributed by atoms with Crippen LogP contribution in [0.1, 0.15) is 44.9 Å². The fraction of sp³-hybridized carbons (Fsp3) is 0.258. The van der Waals surface area contributed by atoms with E-state index in [1.807, 2.05) is 0 Å². The lowest BCUT2D eigenvalue weighted by Crippen LogP contribution is -2.63. The average molecular weight is 577 g/mol. The Morgan fingerprint density at radius 3 is 1.43 bits per heavy atom. The third-order valence-electron chi connectivity index (χ3n) is 6.07. The number of carbonyl (C=O) groups excluding carboxylic acids is 5. The zero-order valence-electron chi connectivity index (χ0n) is 22.7. The summed E-state index contributed by atoms with van der Waals surface area (Å²) >= 11 is 0. The topological polar surface area (TPSA) is 141 Å². The molecule has 3 aromatic rings. The molecule has 218 valence electrons. The van der Waals surface area contributed by atoms with Crippen LogP contribution >= 0.6 is 0 Å². The van der Waals surface area contributed by atoms with E-state index in [2.05, 4.69) is 0 Å². The minimum absolute atomic E-state index is 0.148. The molecule has 0 aliphatic carbocycles. The van der Waals surface area contributed by atoms with Gasteiger partial charge in [-0.05, 0) is 36.4 Å². The van der Waals surface area contributed by atoms with Gasteiger partial charge < -0.3 is 28.4 Å². The first-order chi connectivity index (χ1) is 20.2. The summed E-state index contributed by atoms with van der Waals surface area (Å²) in [4.78, 5) is 63.2. The monoisotopic (exact) mass is 576 g/mol. The smallest absolute Gasteiger partial charge is 0.338 e. The Bertz CT molecular complexity index is 1390. The third kappa shape index (κ3) is 7.79. The first-order valence-electron chi connectivity index (χ1n) is 13.0. The lowest BCUT2D eigenvalue weighted by atomic mass is 9.97. The van der Waals surface area contributed by atoms with Crippen molar-refractivity contribution < 1.29 is 52.4 Å². The summed E-state index contributed by atoms with van der Waals surface area (Å²) in [5.41, 5.74) is 0.555. The summed E-state index contributed by atoms with van der Waals surface area (Å²) in [5, 5.41) is 0. The molecular weight excluding hydrogens is 548 g/mol. The van der Waals surface area contributed by atoms with Gasteiger partial charge in [0.25, 0.3) is 0 Å². The van der Waals surface area contributed by atoms with Crippen molar-refractivity contribution in [3.63, 3.8) is 0 Å². The van der Waals surface area contributed by atoms with Crippen molar-refractivity contribution in [2.75, 3.05) is 6.61 Å². The van der Waals surface area contributed by atoms with Crippen LogP contribution in [0.5, 0.6) is 0 Å². The first kappa shape index (κ1) is 29.9. The Balaban J connectivity index is 1.71. The molecule has 0 aromatic heterocycles. The molecule has 1 heterocycles. The van der Waals surface area contributed by atoms with Gasteiger partial charge in [-0.15, -0.1) is 0 Å². The molecule has 0 bridgehead atoms. The number of hydrogen-bond donors (Lipinski definition) is 0. The Morgan fingerprint density at radius 2 is 0.976 bits per heavy atom. The second-order valence-electron chi connectivity index (χ2n) is 9.16.